The van der Waals surface area contributed by atoms with Crippen LogP contribution in [0.25, 0.3) is 22.2 Å². The van der Waals surface area contributed by atoms with Crippen molar-refractivity contribution >= 4 is 51.4 Å². The number of halogens is 1. The zero-order valence-corrected chi connectivity index (χ0v) is 25.5. The molecule has 2 N–H and O–H groups in total. The Morgan fingerprint density at radius 1 is 1.12 bits per heavy atom. The monoisotopic (exact) mass is 577 g/mol. The summed E-state index contributed by atoms with van der Waals surface area (Å²) in [6.07, 6.45) is 4.02. The molecule has 2 aromatic carbocycles. The molecule has 0 unspecified atom stereocenters. The van der Waals surface area contributed by atoms with Gasteiger partial charge in [0.25, 0.3) is 0 Å². The second-order valence-corrected chi connectivity index (χ2v) is 11.1. The standard InChI is InChI=1S/C31H40ClN7O2/c1-21(2)19-37(3)15-16-38(4)28-18-29(41-6)26(17-25(28)34-30(40)11-13-32)36-31-33-14-12-24(35-31)23-20-39(5)27-10-8-7-9-22(23)27/h7-10,12,14,17-18,20-21H,11,13,15-16,19H2,1-6H3,(H,34,40)(H,33,35,36). The molecule has 0 bridgehead atoms. The topological polar surface area (TPSA) is 87.5 Å². The molecule has 41 heavy (non-hydrogen) atoms. The van der Waals surface area contributed by atoms with E-state index in [1.54, 1.807) is 13.3 Å². The lowest BCUT2D eigenvalue weighted by Gasteiger charge is -2.27. The third kappa shape index (κ3) is 7.48. The lowest BCUT2D eigenvalue weighted by Crippen LogP contribution is -2.33. The molecule has 9 nitrogen and oxygen atoms in total. The number of nitrogens with one attached hydrogen (secondary N) is 2. The lowest BCUT2D eigenvalue weighted by molar-refractivity contribution is -0.115. The van der Waals surface area contributed by atoms with Crippen molar-refractivity contribution in [3.8, 4) is 17.0 Å². The van der Waals surface area contributed by atoms with Gasteiger partial charge in [0, 0.05) is 81.0 Å². The van der Waals surface area contributed by atoms with Crippen LogP contribution < -0.4 is 20.3 Å². The Morgan fingerprint density at radius 3 is 2.63 bits per heavy atom. The Bertz CT molecular complexity index is 1490. The van der Waals surface area contributed by atoms with E-state index in [2.05, 4.69) is 69.2 Å². The van der Waals surface area contributed by atoms with Gasteiger partial charge in [0.1, 0.15) is 5.75 Å². The first kappa shape index (κ1) is 30.1. The third-order valence-electron chi connectivity index (χ3n) is 6.89. The summed E-state index contributed by atoms with van der Waals surface area (Å²) in [4.78, 5) is 26.3. The van der Waals surface area contributed by atoms with Crippen molar-refractivity contribution in [3.05, 3.63) is 54.9 Å². The number of amides is 1. The van der Waals surface area contributed by atoms with Crippen LogP contribution in [0.15, 0.2) is 54.9 Å². The fraction of sp³-hybridized carbons (Fsp3) is 0.387. The van der Waals surface area contributed by atoms with E-state index in [1.165, 1.54) is 0 Å². The first-order valence-corrected chi connectivity index (χ1v) is 14.4. The highest BCUT2D eigenvalue weighted by atomic mass is 35.5. The molecule has 4 aromatic rings. The number of rotatable bonds is 13. The van der Waals surface area contributed by atoms with Crippen LogP contribution in [0.1, 0.15) is 20.3 Å². The molecule has 0 spiro atoms. The number of alkyl halides is 1. The number of carbonyl (C=O) groups excluding carboxylic acids is 1. The number of fused-ring (bicyclic) bond motifs is 1. The van der Waals surface area contributed by atoms with E-state index >= 15 is 0 Å². The summed E-state index contributed by atoms with van der Waals surface area (Å²) in [5, 5.41) is 7.46. The summed E-state index contributed by atoms with van der Waals surface area (Å²) in [5.74, 6) is 1.70. The van der Waals surface area contributed by atoms with Gasteiger partial charge in [-0.2, -0.15) is 0 Å². The molecule has 0 saturated heterocycles. The number of para-hydroxylation sites is 1. The van der Waals surface area contributed by atoms with E-state index in [-0.39, 0.29) is 18.2 Å². The minimum atomic E-state index is -0.156. The van der Waals surface area contributed by atoms with Crippen LogP contribution >= 0.6 is 11.6 Å². The van der Waals surface area contributed by atoms with Crippen molar-refractivity contribution in [2.45, 2.75) is 20.3 Å². The maximum atomic E-state index is 12.6. The van der Waals surface area contributed by atoms with Crippen LogP contribution in [0.3, 0.4) is 0 Å². The highest BCUT2D eigenvalue weighted by Gasteiger charge is 2.18. The van der Waals surface area contributed by atoms with Gasteiger partial charge in [-0.1, -0.05) is 32.0 Å². The predicted octanol–water partition coefficient (Wildman–Crippen LogP) is 5.98. The van der Waals surface area contributed by atoms with Crippen LogP contribution in [0.5, 0.6) is 5.75 Å². The summed E-state index contributed by atoms with van der Waals surface area (Å²) in [7, 11) is 7.79. The smallest absolute Gasteiger partial charge is 0.227 e. The normalized spacial score (nSPS) is 11.3. The van der Waals surface area contributed by atoms with Gasteiger partial charge in [0.15, 0.2) is 0 Å². The summed E-state index contributed by atoms with van der Waals surface area (Å²) in [5.41, 5.74) is 5.09. The lowest BCUT2D eigenvalue weighted by atomic mass is 10.1. The highest BCUT2D eigenvalue weighted by Crippen LogP contribution is 2.38. The molecule has 0 radical (unpaired) electrons. The minimum Gasteiger partial charge on any atom is -0.494 e. The molecular formula is C31H40ClN7O2. The largest absolute Gasteiger partial charge is 0.494 e. The molecule has 0 aliphatic heterocycles. The fourth-order valence-corrected chi connectivity index (χ4v) is 5.11. The van der Waals surface area contributed by atoms with Crippen molar-refractivity contribution in [1.82, 2.24) is 19.4 Å². The first-order chi connectivity index (χ1) is 19.7. The van der Waals surface area contributed by atoms with Gasteiger partial charge in [-0.05, 0) is 31.2 Å². The van der Waals surface area contributed by atoms with Gasteiger partial charge < -0.3 is 29.7 Å². The number of likely N-dealkylation sites (N-methyl/N-ethyl adjacent to an activating group) is 2. The molecule has 0 saturated carbocycles. The van der Waals surface area contributed by atoms with Gasteiger partial charge in [0.2, 0.25) is 11.9 Å². The van der Waals surface area contributed by atoms with Crippen LogP contribution in [-0.4, -0.2) is 72.1 Å². The Kier molecular flexibility index (Phi) is 10.1. The molecule has 2 aromatic heterocycles. The first-order valence-electron chi connectivity index (χ1n) is 13.8. The molecule has 2 heterocycles. The fourth-order valence-electron chi connectivity index (χ4n) is 4.94. The van der Waals surface area contributed by atoms with Crippen molar-refractivity contribution in [3.63, 3.8) is 0 Å². The maximum Gasteiger partial charge on any atom is 0.227 e. The Labute approximate surface area is 247 Å². The van der Waals surface area contributed by atoms with Gasteiger partial charge >= 0.3 is 0 Å². The molecule has 4 rings (SSSR count). The number of anilines is 4. The molecule has 0 aliphatic rings. The van der Waals surface area contributed by atoms with Crippen LogP contribution in [0, 0.1) is 5.92 Å². The SMILES string of the molecule is COc1cc(N(C)CCN(C)CC(C)C)c(NC(=O)CCCl)cc1Nc1nccc(-c2cn(C)c3ccccc23)n1. The quantitative estimate of drug-likeness (QED) is 0.189. The second-order valence-electron chi connectivity index (χ2n) is 10.7. The number of methoxy groups -OCH3 is 1. The Morgan fingerprint density at radius 2 is 1.90 bits per heavy atom. The highest BCUT2D eigenvalue weighted by molar-refractivity contribution is 6.19. The third-order valence-corrected chi connectivity index (χ3v) is 7.08. The van der Waals surface area contributed by atoms with Crippen LogP contribution in [0.4, 0.5) is 23.0 Å². The van der Waals surface area contributed by atoms with E-state index in [9.17, 15) is 4.79 Å². The average Bonchev–Trinajstić information content (AvgIpc) is 3.28. The number of hydrogen-bond acceptors (Lipinski definition) is 7. The molecule has 0 atom stereocenters. The van der Waals surface area contributed by atoms with Crippen molar-refractivity contribution < 1.29 is 9.53 Å². The van der Waals surface area contributed by atoms with E-state index in [1.807, 2.05) is 44.4 Å². The summed E-state index contributed by atoms with van der Waals surface area (Å²) >= 11 is 5.85. The van der Waals surface area contributed by atoms with Gasteiger partial charge in [-0.3, -0.25) is 4.79 Å². The average molecular weight is 578 g/mol. The molecule has 0 aliphatic carbocycles. The number of nitrogens with zero attached hydrogens (tertiary/aromatic N) is 5. The predicted molar refractivity (Wildman–Crippen MR) is 170 cm³/mol. The van der Waals surface area contributed by atoms with Crippen molar-refractivity contribution in [1.29, 1.82) is 0 Å². The minimum absolute atomic E-state index is 0.156. The molecule has 1 amide bonds. The van der Waals surface area contributed by atoms with E-state index in [0.29, 0.717) is 29.0 Å². The van der Waals surface area contributed by atoms with E-state index < -0.39 is 0 Å². The zero-order chi connectivity index (χ0) is 29.5. The van der Waals surface area contributed by atoms with Gasteiger partial charge in [-0.25, -0.2) is 9.97 Å². The summed E-state index contributed by atoms with van der Waals surface area (Å²) in [6, 6.07) is 13.9. The van der Waals surface area contributed by atoms with Crippen molar-refractivity contribution in [2.75, 3.05) is 62.3 Å². The maximum absolute atomic E-state index is 12.6. The van der Waals surface area contributed by atoms with Gasteiger partial charge in [-0.15, -0.1) is 11.6 Å². The number of aryl methyl sites for hydroxylation is 1. The molecule has 0 fully saturated rings. The molecular weight excluding hydrogens is 538 g/mol. The van der Waals surface area contributed by atoms with Gasteiger partial charge in [0.05, 0.1) is 29.9 Å². The molecule has 218 valence electrons. The second kappa shape index (κ2) is 13.7. The van der Waals surface area contributed by atoms with Crippen LogP contribution in [0.2, 0.25) is 0 Å². The number of carbonyl (C=O) groups is 1. The summed E-state index contributed by atoms with van der Waals surface area (Å²) in [6.45, 7) is 7.08. The Hall–Kier alpha value is -3.82. The number of hydrogen-bond donors (Lipinski definition) is 2. The van der Waals surface area contributed by atoms with Crippen LogP contribution in [-0.2, 0) is 11.8 Å². The number of benzene rings is 2. The Balaban J connectivity index is 1.65. The number of ether oxygens (including phenoxy) is 1. The van der Waals surface area contributed by atoms with Crippen molar-refractivity contribution in [2.24, 2.45) is 13.0 Å². The number of aromatic nitrogens is 3. The summed E-state index contributed by atoms with van der Waals surface area (Å²) < 4.78 is 7.87. The van der Waals surface area contributed by atoms with E-state index in [4.69, 9.17) is 21.3 Å². The molecule has 10 heteroatoms. The zero-order valence-electron chi connectivity index (χ0n) is 24.7. The van der Waals surface area contributed by atoms with E-state index in [0.717, 1.165) is 47.5 Å².